The van der Waals surface area contributed by atoms with E-state index < -0.39 is 11.8 Å². The molecule has 22 heavy (non-hydrogen) atoms. The fourth-order valence-corrected chi connectivity index (χ4v) is 2.69. The molecule has 2 aromatic rings. The number of pyridine rings is 1. The van der Waals surface area contributed by atoms with E-state index in [1.165, 1.54) is 34.6 Å². The SMILES string of the molecule is CCOC(=O)CN(Sc1ccc(Cl)cc1)c1ncccc1F. The van der Waals surface area contributed by atoms with Crippen molar-refractivity contribution in [2.24, 2.45) is 0 Å². The van der Waals surface area contributed by atoms with Crippen molar-refractivity contribution in [1.82, 2.24) is 4.98 Å². The summed E-state index contributed by atoms with van der Waals surface area (Å²) < 4.78 is 20.3. The normalized spacial score (nSPS) is 10.3. The third-order valence-corrected chi connectivity index (χ3v) is 3.84. The van der Waals surface area contributed by atoms with Crippen molar-refractivity contribution in [3.05, 3.63) is 53.4 Å². The van der Waals surface area contributed by atoms with E-state index in [0.29, 0.717) is 5.02 Å². The molecule has 4 nitrogen and oxygen atoms in total. The number of halogens is 2. The van der Waals surface area contributed by atoms with Crippen molar-refractivity contribution >= 4 is 35.3 Å². The fraction of sp³-hybridized carbons (Fsp3) is 0.200. The Morgan fingerprint density at radius 3 is 2.73 bits per heavy atom. The molecule has 0 bridgehead atoms. The Hall–Kier alpha value is -1.79. The number of hydrogen-bond acceptors (Lipinski definition) is 5. The molecule has 0 N–H and O–H groups in total. The summed E-state index contributed by atoms with van der Waals surface area (Å²) in [6, 6.07) is 9.80. The highest BCUT2D eigenvalue weighted by molar-refractivity contribution is 8.00. The highest BCUT2D eigenvalue weighted by Gasteiger charge is 2.18. The summed E-state index contributed by atoms with van der Waals surface area (Å²) in [5, 5.41) is 0.602. The van der Waals surface area contributed by atoms with Crippen molar-refractivity contribution in [3.8, 4) is 0 Å². The smallest absolute Gasteiger partial charge is 0.326 e. The number of hydrogen-bond donors (Lipinski definition) is 0. The first-order valence-electron chi connectivity index (χ1n) is 6.57. The number of nitrogens with zero attached hydrogens (tertiary/aromatic N) is 2. The molecule has 0 aliphatic heterocycles. The molecule has 0 saturated carbocycles. The summed E-state index contributed by atoms with van der Waals surface area (Å²) in [6.07, 6.45) is 1.47. The monoisotopic (exact) mass is 340 g/mol. The van der Waals surface area contributed by atoms with E-state index >= 15 is 0 Å². The molecule has 0 unspecified atom stereocenters. The van der Waals surface area contributed by atoms with Crippen LogP contribution in [-0.4, -0.2) is 24.1 Å². The number of anilines is 1. The number of aromatic nitrogens is 1. The maximum atomic E-state index is 14.0. The predicted molar refractivity (Wildman–Crippen MR) is 85.5 cm³/mol. The molecule has 0 atom stereocenters. The lowest BCUT2D eigenvalue weighted by atomic mass is 10.4. The van der Waals surface area contributed by atoms with E-state index in [1.807, 2.05) is 0 Å². The van der Waals surface area contributed by atoms with E-state index in [2.05, 4.69) is 4.98 Å². The molecule has 0 saturated heterocycles. The lowest BCUT2D eigenvalue weighted by Gasteiger charge is -2.21. The van der Waals surface area contributed by atoms with E-state index in [4.69, 9.17) is 16.3 Å². The minimum atomic E-state index is -0.506. The van der Waals surface area contributed by atoms with Crippen molar-refractivity contribution < 1.29 is 13.9 Å². The lowest BCUT2D eigenvalue weighted by Crippen LogP contribution is -2.26. The minimum absolute atomic E-state index is 0.0792. The van der Waals surface area contributed by atoms with E-state index in [1.54, 1.807) is 31.2 Å². The Bertz CT molecular complexity index is 640. The van der Waals surface area contributed by atoms with Crippen LogP contribution in [0.2, 0.25) is 5.02 Å². The molecular weight excluding hydrogens is 327 g/mol. The van der Waals surface area contributed by atoms with Crippen molar-refractivity contribution in [1.29, 1.82) is 0 Å². The van der Waals surface area contributed by atoms with Gasteiger partial charge in [-0.25, -0.2) is 9.37 Å². The molecule has 116 valence electrons. The van der Waals surface area contributed by atoms with Gasteiger partial charge < -0.3 is 4.74 Å². The largest absolute Gasteiger partial charge is 0.465 e. The number of carbonyl (C=O) groups is 1. The Morgan fingerprint density at radius 1 is 1.36 bits per heavy atom. The first kappa shape index (κ1) is 16.6. The van der Waals surface area contributed by atoms with E-state index in [0.717, 1.165) is 4.90 Å². The molecule has 1 aromatic heterocycles. The van der Waals surface area contributed by atoms with Gasteiger partial charge in [-0.15, -0.1) is 0 Å². The molecule has 0 aliphatic carbocycles. The van der Waals surface area contributed by atoms with Gasteiger partial charge in [0.1, 0.15) is 6.54 Å². The van der Waals surface area contributed by atoms with Crippen LogP contribution in [-0.2, 0) is 9.53 Å². The topological polar surface area (TPSA) is 42.4 Å². The number of esters is 1. The van der Waals surface area contributed by atoms with Crippen LogP contribution in [0, 0.1) is 5.82 Å². The Morgan fingerprint density at radius 2 is 2.09 bits per heavy atom. The summed E-state index contributed by atoms with van der Waals surface area (Å²) in [5.41, 5.74) is 0. The van der Waals surface area contributed by atoms with Crippen LogP contribution in [0.15, 0.2) is 47.5 Å². The van der Waals surface area contributed by atoms with Crippen molar-refractivity contribution in [3.63, 3.8) is 0 Å². The second kappa shape index (κ2) is 8.00. The third-order valence-electron chi connectivity index (χ3n) is 2.58. The van der Waals surface area contributed by atoms with Gasteiger partial charge in [0.05, 0.1) is 6.61 Å². The highest BCUT2D eigenvalue weighted by atomic mass is 35.5. The minimum Gasteiger partial charge on any atom is -0.465 e. The van der Waals surface area contributed by atoms with Crippen LogP contribution in [0.1, 0.15) is 6.92 Å². The number of rotatable bonds is 6. The predicted octanol–water partition coefficient (Wildman–Crippen LogP) is 3.95. The molecular formula is C15H14ClFN2O2S. The molecule has 0 aliphatic rings. The van der Waals surface area contributed by atoms with Crippen LogP contribution in [0.5, 0.6) is 0 Å². The Kier molecular flexibility index (Phi) is 6.03. The average molecular weight is 341 g/mol. The third kappa shape index (κ3) is 4.61. The van der Waals surface area contributed by atoms with Gasteiger partial charge >= 0.3 is 5.97 Å². The zero-order chi connectivity index (χ0) is 15.9. The molecule has 1 aromatic carbocycles. The maximum Gasteiger partial charge on any atom is 0.326 e. The summed E-state index contributed by atoms with van der Waals surface area (Å²) in [6.45, 7) is 1.87. The standard InChI is InChI=1S/C15H14ClFN2O2S/c1-2-21-14(20)10-19(15-13(17)4-3-9-18-15)22-12-7-5-11(16)6-8-12/h3-9H,2,10H2,1H3. The molecule has 0 radical (unpaired) electrons. The van der Waals surface area contributed by atoms with Gasteiger partial charge in [0.2, 0.25) is 0 Å². The molecule has 0 spiro atoms. The van der Waals surface area contributed by atoms with E-state index in [-0.39, 0.29) is 19.0 Å². The van der Waals surface area contributed by atoms with Crippen LogP contribution in [0.3, 0.4) is 0 Å². The van der Waals surface area contributed by atoms with Gasteiger partial charge in [-0.1, -0.05) is 11.6 Å². The Labute approximate surface area is 137 Å². The molecule has 2 rings (SSSR count). The van der Waals surface area contributed by atoms with Gasteiger partial charge in [-0.05, 0) is 55.3 Å². The van der Waals surface area contributed by atoms with Crippen molar-refractivity contribution in [2.45, 2.75) is 11.8 Å². The number of ether oxygens (including phenoxy) is 1. The number of carbonyl (C=O) groups excluding carboxylic acids is 1. The van der Waals surface area contributed by atoms with Gasteiger partial charge in [-0.2, -0.15) is 0 Å². The highest BCUT2D eigenvalue weighted by Crippen LogP contribution is 2.29. The van der Waals surface area contributed by atoms with Crippen LogP contribution >= 0.6 is 23.5 Å². The van der Waals surface area contributed by atoms with Gasteiger partial charge in [-0.3, -0.25) is 9.10 Å². The summed E-state index contributed by atoms with van der Waals surface area (Å²) in [7, 11) is 0. The van der Waals surface area contributed by atoms with Crippen LogP contribution < -0.4 is 4.31 Å². The summed E-state index contributed by atoms with van der Waals surface area (Å²) >= 11 is 7.04. The average Bonchev–Trinajstić information content (AvgIpc) is 2.49. The quantitative estimate of drug-likeness (QED) is 0.588. The van der Waals surface area contributed by atoms with Gasteiger partial charge in [0.15, 0.2) is 11.6 Å². The first-order chi connectivity index (χ1) is 10.6. The number of benzene rings is 1. The Balaban J connectivity index is 2.23. The summed E-state index contributed by atoms with van der Waals surface area (Å²) in [4.78, 5) is 16.5. The molecule has 0 fully saturated rings. The zero-order valence-electron chi connectivity index (χ0n) is 11.8. The summed E-state index contributed by atoms with van der Waals surface area (Å²) in [5.74, 6) is -0.877. The van der Waals surface area contributed by atoms with Crippen molar-refractivity contribution in [2.75, 3.05) is 17.5 Å². The second-order valence-corrected chi connectivity index (χ2v) is 5.73. The van der Waals surface area contributed by atoms with E-state index in [9.17, 15) is 9.18 Å². The molecule has 0 amide bonds. The maximum absolute atomic E-state index is 14.0. The van der Waals surface area contributed by atoms with Gasteiger partial charge in [0.25, 0.3) is 0 Å². The molecule has 1 heterocycles. The first-order valence-corrected chi connectivity index (χ1v) is 7.72. The second-order valence-electron chi connectivity index (χ2n) is 4.20. The zero-order valence-corrected chi connectivity index (χ0v) is 13.4. The fourth-order valence-electron chi connectivity index (χ4n) is 1.66. The van der Waals surface area contributed by atoms with Gasteiger partial charge in [0, 0.05) is 16.1 Å². The molecule has 7 heteroatoms. The van der Waals surface area contributed by atoms with Crippen LogP contribution in [0.25, 0.3) is 0 Å². The lowest BCUT2D eigenvalue weighted by molar-refractivity contribution is -0.141. The van der Waals surface area contributed by atoms with Crippen LogP contribution in [0.4, 0.5) is 10.2 Å².